The zero-order chi connectivity index (χ0) is 25.3. The lowest BCUT2D eigenvalue weighted by Crippen LogP contribution is -2.68. The Bertz CT molecular complexity index is 691. The molecule has 15 heteroatoms. The fourth-order valence-electron chi connectivity index (χ4n) is 4.19. The second kappa shape index (κ2) is 11.3. The van der Waals surface area contributed by atoms with Crippen LogP contribution in [-0.4, -0.2) is 130 Å². The molecule has 0 aromatic heterocycles. The van der Waals surface area contributed by atoms with Gasteiger partial charge in [0.25, 0.3) is 0 Å². The summed E-state index contributed by atoms with van der Waals surface area (Å²) >= 11 is 0. The molecule has 0 aromatic carbocycles. The van der Waals surface area contributed by atoms with E-state index >= 15 is 0 Å². The summed E-state index contributed by atoms with van der Waals surface area (Å²) in [6.07, 6.45) is -14.5. The lowest BCUT2D eigenvalue weighted by Gasteiger charge is -2.48. The van der Waals surface area contributed by atoms with E-state index in [0.717, 1.165) is 0 Å². The summed E-state index contributed by atoms with van der Waals surface area (Å²) in [7, 11) is 1.46. The molecule has 0 spiro atoms. The van der Waals surface area contributed by atoms with Gasteiger partial charge in [0.2, 0.25) is 5.91 Å². The smallest absolute Gasteiger partial charge is 0.217 e. The number of amides is 1. The summed E-state index contributed by atoms with van der Waals surface area (Å²) in [6, 6.07) is -3.02. The second-order valence-corrected chi connectivity index (χ2v) is 8.75. The Labute approximate surface area is 195 Å². The SMILES string of the molecule is CNC1[C@H](O[C@@H]2C(O)OCC(N)[C@H]2O)OC(O)[C@@H](O[C@@H]2OC(O)[C@H](C)[C@H](O)C2NC(C)=O)[C@@H]1O. The lowest BCUT2D eigenvalue weighted by molar-refractivity contribution is -0.383. The Morgan fingerprint density at radius 2 is 1.44 bits per heavy atom. The number of hydrogen-bond donors (Lipinski definition) is 9. The van der Waals surface area contributed by atoms with Gasteiger partial charge in [-0.25, -0.2) is 0 Å². The number of aliphatic hydroxyl groups is 6. The molecule has 6 unspecified atom stereocenters. The summed E-state index contributed by atoms with van der Waals surface area (Å²) in [4.78, 5) is 11.6. The van der Waals surface area contributed by atoms with Gasteiger partial charge in [-0.1, -0.05) is 6.92 Å². The van der Waals surface area contributed by atoms with Crippen LogP contribution in [0.2, 0.25) is 0 Å². The zero-order valence-electron chi connectivity index (χ0n) is 19.0. The average Bonchev–Trinajstić information content (AvgIpc) is 2.77. The van der Waals surface area contributed by atoms with Crippen molar-refractivity contribution in [3.05, 3.63) is 0 Å². The fourth-order valence-corrected chi connectivity index (χ4v) is 4.19. The minimum atomic E-state index is -1.81. The van der Waals surface area contributed by atoms with Crippen LogP contribution < -0.4 is 16.4 Å². The van der Waals surface area contributed by atoms with Gasteiger partial charge in [-0.15, -0.1) is 0 Å². The summed E-state index contributed by atoms with van der Waals surface area (Å²) < 4.78 is 27.1. The quantitative estimate of drug-likeness (QED) is 0.167. The Kier molecular flexibility index (Phi) is 9.18. The Balaban J connectivity index is 1.74. The highest BCUT2D eigenvalue weighted by molar-refractivity contribution is 5.73. The number of nitrogens with one attached hydrogen (secondary N) is 2. The van der Waals surface area contributed by atoms with Gasteiger partial charge in [0.1, 0.15) is 30.5 Å². The number of nitrogens with two attached hydrogens (primary N) is 1. The van der Waals surface area contributed by atoms with Crippen molar-refractivity contribution in [2.24, 2.45) is 11.7 Å². The molecule has 0 bridgehead atoms. The molecular formula is C19H35N3O12. The minimum absolute atomic E-state index is 0.0997. The molecule has 1 amide bonds. The van der Waals surface area contributed by atoms with Crippen LogP contribution in [0.3, 0.4) is 0 Å². The Morgan fingerprint density at radius 3 is 2.03 bits per heavy atom. The highest BCUT2D eigenvalue weighted by Crippen LogP contribution is 2.31. The van der Waals surface area contributed by atoms with Crippen LogP contribution in [-0.2, 0) is 28.5 Å². The number of hydrogen-bond acceptors (Lipinski definition) is 14. The number of rotatable bonds is 6. The van der Waals surface area contributed by atoms with Crippen LogP contribution in [0.4, 0.5) is 0 Å². The molecular weight excluding hydrogens is 462 g/mol. The molecule has 15 nitrogen and oxygen atoms in total. The van der Waals surface area contributed by atoms with Crippen molar-refractivity contribution in [1.82, 2.24) is 10.6 Å². The standard InChI is InChI=1S/C19H35N3O12/c1-5-10(24)9(22-6(2)23)19(33-15(5)27)32-14-12(26)8(21-3)18(34-17(14)29)31-13-11(25)7(20)4-30-16(13)28/h5,7-19,21,24-29H,4,20H2,1-3H3,(H,22,23)/t5-,7?,8?,9?,10+,11-,12-,13+,14+,15?,16?,17?,18-,19-/m1/s1. The maximum atomic E-state index is 11.6. The van der Waals surface area contributed by atoms with Crippen molar-refractivity contribution >= 4 is 5.91 Å². The topological polar surface area (TPSA) is 235 Å². The molecule has 10 N–H and O–H groups in total. The minimum Gasteiger partial charge on any atom is -0.390 e. The number of carbonyl (C=O) groups excluding carboxylic acids is 1. The second-order valence-electron chi connectivity index (χ2n) is 8.75. The first-order valence-electron chi connectivity index (χ1n) is 11.0. The number of likely N-dealkylation sites (N-methyl/N-ethyl adjacent to an activating group) is 1. The lowest BCUT2D eigenvalue weighted by atomic mass is 9.93. The summed E-state index contributed by atoms with van der Waals surface area (Å²) in [5, 5.41) is 67.6. The molecule has 3 aliphatic heterocycles. The monoisotopic (exact) mass is 497 g/mol. The van der Waals surface area contributed by atoms with E-state index in [-0.39, 0.29) is 6.61 Å². The van der Waals surface area contributed by atoms with Crippen LogP contribution in [0.5, 0.6) is 0 Å². The zero-order valence-corrected chi connectivity index (χ0v) is 19.0. The molecule has 3 saturated heterocycles. The predicted molar refractivity (Wildman–Crippen MR) is 109 cm³/mol. The molecule has 14 atom stereocenters. The van der Waals surface area contributed by atoms with Crippen molar-refractivity contribution in [3.8, 4) is 0 Å². The van der Waals surface area contributed by atoms with Gasteiger partial charge in [0, 0.05) is 12.8 Å². The maximum Gasteiger partial charge on any atom is 0.217 e. The van der Waals surface area contributed by atoms with Crippen LogP contribution in [0, 0.1) is 5.92 Å². The fraction of sp³-hybridized carbons (Fsp3) is 0.947. The third kappa shape index (κ3) is 5.67. The van der Waals surface area contributed by atoms with E-state index in [2.05, 4.69) is 10.6 Å². The summed E-state index contributed by atoms with van der Waals surface area (Å²) in [5.74, 6) is -1.27. The Hall–Kier alpha value is -1.05. The molecule has 3 aliphatic rings. The van der Waals surface area contributed by atoms with Crippen LogP contribution >= 0.6 is 0 Å². The van der Waals surface area contributed by atoms with Gasteiger partial charge in [0.15, 0.2) is 31.5 Å². The molecule has 0 aromatic rings. The van der Waals surface area contributed by atoms with Crippen molar-refractivity contribution in [2.45, 2.75) is 93.9 Å². The maximum absolute atomic E-state index is 11.6. The van der Waals surface area contributed by atoms with Crippen LogP contribution in [0.15, 0.2) is 0 Å². The molecule has 0 radical (unpaired) electrons. The van der Waals surface area contributed by atoms with Gasteiger partial charge >= 0.3 is 0 Å². The third-order valence-corrected chi connectivity index (χ3v) is 6.28. The van der Waals surface area contributed by atoms with E-state index in [4.69, 9.17) is 29.4 Å². The van der Waals surface area contributed by atoms with Gasteiger partial charge in [-0.05, 0) is 7.05 Å². The molecule has 3 heterocycles. The number of carbonyl (C=O) groups is 1. The predicted octanol–water partition coefficient (Wildman–Crippen LogP) is -5.41. The van der Waals surface area contributed by atoms with Crippen molar-refractivity contribution in [3.63, 3.8) is 0 Å². The summed E-state index contributed by atoms with van der Waals surface area (Å²) in [6.45, 7) is 2.63. The van der Waals surface area contributed by atoms with E-state index < -0.39 is 91.9 Å². The Morgan fingerprint density at radius 1 is 0.882 bits per heavy atom. The molecule has 198 valence electrons. The number of aliphatic hydroxyl groups excluding tert-OH is 6. The average molecular weight is 497 g/mol. The first kappa shape index (κ1) is 27.5. The van der Waals surface area contributed by atoms with Gasteiger partial charge in [-0.3, -0.25) is 4.79 Å². The van der Waals surface area contributed by atoms with Crippen molar-refractivity contribution in [2.75, 3.05) is 13.7 Å². The van der Waals surface area contributed by atoms with Gasteiger partial charge in [0.05, 0.1) is 24.8 Å². The normalized spacial score (nSPS) is 50.1. The van der Waals surface area contributed by atoms with E-state index in [1.807, 2.05) is 0 Å². The molecule has 3 fully saturated rings. The molecule has 0 saturated carbocycles. The highest BCUT2D eigenvalue weighted by atomic mass is 16.8. The first-order chi connectivity index (χ1) is 16.0. The van der Waals surface area contributed by atoms with Crippen LogP contribution in [0.25, 0.3) is 0 Å². The first-order valence-corrected chi connectivity index (χ1v) is 11.0. The van der Waals surface area contributed by atoms with Crippen molar-refractivity contribution < 1.29 is 59.1 Å². The largest absolute Gasteiger partial charge is 0.390 e. The molecule has 0 aliphatic carbocycles. The van der Waals surface area contributed by atoms with E-state index in [9.17, 15) is 35.4 Å². The van der Waals surface area contributed by atoms with Gasteiger partial charge in [-0.2, -0.15) is 0 Å². The van der Waals surface area contributed by atoms with E-state index in [0.29, 0.717) is 0 Å². The number of ether oxygens (including phenoxy) is 5. The summed E-state index contributed by atoms with van der Waals surface area (Å²) in [5.41, 5.74) is 5.74. The van der Waals surface area contributed by atoms with Gasteiger partial charge < -0.3 is 70.7 Å². The highest BCUT2D eigenvalue weighted by Gasteiger charge is 2.52. The molecule has 34 heavy (non-hydrogen) atoms. The molecule has 3 rings (SSSR count). The van der Waals surface area contributed by atoms with Crippen molar-refractivity contribution in [1.29, 1.82) is 0 Å². The van der Waals surface area contributed by atoms with E-state index in [1.165, 1.54) is 20.9 Å². The third-order valence-electron chi connectivity index (χ3n) is 6.28. The van der Waals surface area contributed by atoms with Crippen LogP contribution in [0.1, 0.15) is 13.8 Å². The van der Waals surface area contributed by atoms with E-state index in [1.54, 1.807) is 0 Å².